The average molecular weight is 1080 g/mol. The molecule has 24 heteroatoms. The lowest BCUT2D eigenvalue weighted by Gasteiger charge is -2.31. The summed E-state index contributed by atoms with van der Waals surface area (Å²) in [5.41, 5.74) is -9.04. The van der Waals surface area contributed by atoms with E-state index in [2.05, 4.69) is 4.85 Å². The highest BCUT2D eigenvalue weighted by Crippen LogP contribution is 2.63. The number of alkyl halides is 12. The number of halogens is 12. The fourth-order valence-corrected chi connectivity index (χ4v) is 11.8. The lowest BCUT2D eigenvalue weighted by Crippen LogP contribution is -2.43. The number of hydrogen-bond donors (Lipinski definition) is 0. The molecule has 0 radical (unpaired) electrons. The molecule has 4 aromatic rings. The van der Waals surface area contributed by atoms with Gasteiger partial charge in [-0.15, -0.1) is 0 Å². The molecule has 6 heterocycles. The average Bonchev–Trinajstić information content (AvgIpc) is 4.16. The van der Waals surface area contributed by atoms with Crippen molar-refractivity contribution in [3.8, 4) is 17.6 Å². The highest BCUT2D eigenvalue weighted by atomic mass is 19.4. The Morgan fingerprint density at radius 2 is 1.16 bits per heavy atom. The second kappa shape index (κ2) is 18.5. The van der Waals surface area contributed by atoms with Gasteiger partial charge in [0.05, 0.1) is 106 Å². The quantitative estimate of drug-likeness (QED) is 0.0862. The van der Waals surface area contributed by atoms with E-state index in [1.54, 1.807) is 13.8 Å². The molecule has 6 saturated heterocycles. The smallest absolute Gasteiger partial charge is 0.417 e. The van der Waals surface area contributed by atoms with Crippen molar-refractivity contribution in [3.05, 3.63) is 124 Å². The van der Waals surface area contributed by atoms with E-state index in [0.29, 0.717) is 37.8 Å². The first-order valence-corrected chi connectivity index (χ1v) is 23.4. The summed E-state index contributed by atoms with van der Waals surface area (Å²) in [7, 11) is 0. The maximum Gasteiger partial charge on any atom is 0.417 e. The number of anilines is 2. The van der Waals surface area contributed by atoms with Gasteiger partial charge >= 0.3 is 24.7 Å². The molecule has 4 bridgehead atoms. The number of benzene rings is 4. The molecule has 0 N–H and O–H groups in total. The van der Waals surface area contributed by atoms with Gasteiger partial charge in [0.1, 0.15) is 11.5 Å². The molecule has 0 aromatic heterocycles. The summed E-state index contributed by atoms with van der Waals surface area (Å²) in [6.45, 7) is 10.5. The molecule has 76 heavy (non-hydrogen) atoms. The highest BCUT2D eigenvalue weighted by molar-refractivity contribution is 6.24. The molecule has 400 valence electrons. The van der Waals surface area contributed by atoms with E-state index < -0.39 is 128 Å². The summed E-state index contributed by atoms with van der Waals surface area (Å²) >= 11 is 0. The van der Waals surface area contributed by atoms with Crippen LogP contribution in [0.15, 0.2) is 84.9 Å². The van der Waals surface area contributed by atoms with Crippen LogP contribution in [0.3, 0.4) is 0 Å². The summed E-state index contributed by atoms with van der Waals surface area (Å²) in [5, 5.41) is 9.03. The van der Waals surface area contributed by atoms with Crippen LogP contribution >= 0.6 is 0 Å². The Morgan fingerprint density at radius 1 is 0.645 bits per heavy atom. The third-order valence-corrected chi connectivity index (χ3v) is 15.2. The molecule has 6 aliphatic rings. The van der Waals surface area contributed by atoms with Crippen LogP contribution in [0, 0.1) is 47.5 Å². The third-order valence-electron chi connectivity index (χ3n) is 15.2. The molecule has 4 aromatic carbocycles. The van der Waals surface area contributed by atoms with Crippen molar-refractivity contribution in [1.82, 2.24) is 0 Å². The van der Waals surface area contributed by atoms with Gasteiger partial charge < -0.3 is 18.9 Å². The van der Waals surface area contributed by atoms with Crippen LogP contribution in [0.5, 0.6) is 11.5 Å². The van der Waals surface area contributed by atoms with Crippen LogP contribution in [-0.4, -0.2) is 59.7 Å². The fourth-order valence-electron chi connectivity index (χ4n) is 11.8. The van der Waals surface area contributed by atoms with E-state index in [1.165, 1.54) is 30.3 Å². The number of hydrogen-bond acceptors (Lipinski definition) is 9. The SMILES string of the molecule is CC12CC(CCOc3ccc(C(F)(F)F)cc3)C(O1)[C@H]1C(=O)N(c3ccc(C#N)c(C(F)(F)F)c3)C(=O)[C@H]12.[C-]#[N+]c1ccc(N2C(=O)[C@@H]3[C@H](C2=O)C2(C)CCC3(CCOc3ccc(C(F)(F)F)cc3)O2)cc1C(F)(F)F. The second-order valence-corrected chi connectivity index (χ2v) is 19.8. The van der Waals surface area contributed by atoms with Crippen LogP contribution < -0.4 is 19.3 Å². The van der Waals surface area contributed by atoms with Gasteiger partial charge in [-0.25, -0.2) is 14.6 Å². The predicted octanol–water partition coefficient (Wildman–Crippen LogP) is 11.5. The second-order valence-electron chi connectivity index (χ2n) is 19.8. The zero-order chi connectivity index (χ0) is 55.3. The normalized spacial score (nSPS) is 28.5. The molecule has 0 spiro atoms. The summed E-state index contributed by atoms with van der Waals surface area (Å²) < 4.78 is 181. The topological polar surface area (TPSA) is 140 Å². The van der Waals surface area contributed by atoms with Gasteiger partial charge in [-0.05, 0) is 124 Å². The first kappa shape index (κ1) is 53.6. The number of nitriles is 1. The number of nitrogens with zero attached hydrogens (tertiary/aromatic N) is 4. The summed E-state index contributed by atoms with van der Waals surface area (Å²) in [6.07, 6.45) is -17.6. The van der Waals surface area contributed by atoms with Crippen molar-refractivity contribution in [2.45, 2.75) is 93.6 Å². The van der Waals surface area contributed by atoms with Gasteiger partial charge in [0.2, 0.25) is 23.6 Å². The number of rotatable bonds is 10. The molecule has 5 unspecified atom stereocenters. The molecule has 9 atom stereocenters. The van der Waals surface area contributed by atoms with E-state index in [4.69, 9.17) is 30.8 Å². The van der Waals surface area contributed by atoms with Crippen molar-refractivity contribution in [2.24, 2.45) is 29.6 Å². The first-order valence-electron chi connectivity index (χ1n) is 23.4. The number of carbonyl (C=O) groups is 4. The lowest BCUT2D eigenvalue weighted by molar-refractivity contribution is -0.138. The highest BCUT2D eigenvalue weighted by Gasteiger charge is 2.74. The van der Waals surface area contributed by atoms with Crippen molar-refractivity contribution in [3.63, 3.8) is 0 Å². The van der Waals surface area contributed by atoms with E-state index in [1.807, 2.05) is 0 Å². The van der Waals surface area contributed by atoms with Crippen molar-refractivity contribution < 1.29 is 90.8 Å². The number of amides is 4. The molecule has 12 nitrogen and oxygen atoms in total. The fraction of sp³-hybridized carbons (Fsp3) is 0.423. The van der Waals surface area contributed by atoms with Gasteiger partial charge in [0, 0.05) is 12.1 Å². The van der Waals surface area contributed by atoms with Gasteiger partial charge in [0.15, 0.2) is 5.69 Å². The Kier molecular flexibility index (Phi) is 13.1. The maximum atomic E-state index is 13.6. The first-order chi connectivity index (χ1) is 35.4. The van der Waals surface area contributed by atoms with Gasteiger partial charge in [-0.1, -0.05) is 6.07 Å². The Bertz CT molecular complexity index is 3090. The number of carbonyl (C=O) groups excluding carboxylic acids is 4. The van der Waals surface area contributed by atoms with Crippen molar-refractivity contribution >= 4 is 40.7 Å². The molecular weight excluding hydrogens is 1040 g/mol. The largest absolute Gasteiger partial charge is 0.494 e. The minimum absolute atomic E-state index is 0.0238. The van der Waals surface area contributed by atoms with Crippen molar-refractivity contribution in [2.75, 3.05) is 23.0 Å². The van der Waals surface area contributed by atoms with Gasteiger partial charge in [-0.2, -0.15) is 57.9 Å². The van der Waals surface area contributed by atoms with Crippen LogP contribution in [-0.2, 0) is 53.4 Å². The van der Waals surface area contributed by atoms with Crippen LogP contribution in [0.25, 0.3) is 4.85 Å². The summed E-state index contributed by atoms with van der Waals surface area (Å²) in [5.74, 6) is -6.09. The van der Waals surface area contributed by atoms with E-state index >= 15 is 0 Å². The molecular formula is C52H40F12N4O8. The molecule has 6 aliphatic heterocycles. The molecule has 0 aliphatic carbocycles. The lowest BCUT2D eigenvalue weighted by atomic mass is 9.67. The Balaban J connectivity index is 0.000000186. The molecule has 6 fully saturated rings. The van der Waals surface area contributed by atoms with Crippen LogP contribution in [0.4, 0.5) is 69.7 Å². The van der Waals surface area contributed by atoms with E-state index in [0.717, 1.165) is 58.3 Å². The molecule has 4 amide bonds. The van der Waals surface area contributed by atoms with Crippen LogP contribution in [0.2, 0.25) is 0 Å². The monoisotopic (exact) mass is 1080 g/mol. The Hall–Kier alpha value is -7.18. The van der Waals surface area contributed by atoms with Gasteiger partial charge in [0.25, 0.3) is 0 Å². The summed E-state index contributed by atoms with van der Waals surface area (Å²) in [6, 6.07) is 15.2. The Morgan fingerprint density at radius 3 is 1.70 bits per heavy atom. The summed E-state index contributed by atoms with van der Waals surface area (Å²) in [4.78, 5) is 58.0. The molecule has 10 rings (SSSR count). The number of fused-ring (bicyclic) bond motifs is 10. The zero-order valence-electron chi connectivity index (χ0n) is 39.6. The van der Waals surface area contributed by atoms with E-state index in [9.17, 15) is 71.9 Å². The van der Waals surface area contributed by atoms with Crippen LogP contribution in [0.1, 0.15) is 73.8 Å². The zero-order valence-corrected chi connectivity index (χ0v) is 39.6. The van der Waals surface area contributed by atoms with Crippen molar-refractivity contribution in [1.29, 1.82) is 5.26 Å². The Labute approximate surface area is 423 Å². The minimum atomic E-state index is -4.86. The third kappa shape index (κ3) is 9.26. The van der Waals surface area contributed by atoms with Gasteiger partial charge in [-0.3, -0.25) is 19.2 Å². The number of imide groups is 2. The van der Waals surface area contributed by atoms with E-state index in [-0.39, 0.29) is 48.4 Å². The minimum Gasteiger partial charge on any atom is -0.494 e. The molecule has 0 saturated carbocycles. The standard InChI is InChI=1S/2C26H20F6N2O4/c1-23-9-10-24(38-23,11-12-37-16-6-3-14(4-7-16)25(27,28)29)20-19(23)21(35)34(22(20)36)15-5-8-18(33-2)17(13-15)26(30,31)32;1-24-11-13(8-9-37-17-6-3-15(4-7-17)25(27,28)29)21(38-24)19-20(24)23(36)34(22(19)35)16-5-2-14(12-33)18(10-16)26(30,31)32/h3-8,13,19-20H,9-12H2,1H3;2-7,10,13,19-21H,8-9,11H2,1H3/t19-,20+,23?,24?;13?,19-,20-,21?,24?/m10/s1. The number of ether oxygens (including phenoxy) is 4. The predicted molar refractivity (Wildman–Crippen MR) is 239 cm³/mol. The maximum absolute atomic E-state index is 13.6.